The minimum Gasteiger partial charge on any atom is -0.360 e. The summed E-state index contributed by atoms with van der Waals surface area (Å²) >= 11 is 3.61. The van der Waals surface area contributed by atoms with Crippen molar-refractivity contribution in [1.82, 2.24) is 5.32 Å². The second-order valence-electron chi connectivity index (χ2n) is 5.23. The van der Waals surface area contributed by atoms with E-state index in [1.807, 2.05) is 11.8 Å². The van der Waals surface area contributed by atoms with E-state index in [9.17, 15) is 0 Å². The van der Waals surface area contributed by atoms with Gasteiger partial charge in [0.2, 0.25) is 0 Å². The fourth-order valence-electron chi connectivity index (χ4n) is 1.86. The van der Waals surface area contributed by atoms with Crippen LogP contribution in [0.15, 0.2) is 21.8 Å². The summed E-state index contributed by atoms with van der Waals surface area (Å²) in [6.45, 7) is 6.67. The molecule has 2 nitrogen and oxygen atoms in total. The molecular formula is C13H20N2S2. The van der Waals surface area contributed by atoms with Gasteiger partial charge in [-0.2, -0.15) is 11.3 Å². The van der Waals surface area contributed by atoms with E-state index in [2.05, 4.69) is 42.9 Å². The van der Waals surface area contributed by atoms with E-state index in [1.165, 1.54) is 17.7 Å². The van der Waals surface area contributed by atoms with Gasteiger partial charge in [-0.3, -0.25) is 4.99 Å². The molecule has 1 aliphatic heterocycles. The third kappa shape index (κ3) is 4.03. The van der Waals surface area contributed by atoms with Crippen LogP contribution in [0.25, 0.3) is 0 Å². The van der Waals surface area contributed by atoms with Crippen molar-refractivity contribution in [2.24, 2.45) is 4.99 Å². The zero-order chi connectivity index (χ0) is 12.3. The standard InChI is InChI=1S/C13H20N2S2/c1-10(8-11-4-6-16-9-11)14-12-15-13(2,3)5-7-17-12/h4,6,9-10H,5,7-8H2,1-3H3,(H,14,15). The molecule has 1 fully saturated rings. The predicted molar refractivity (Wildman–Crippen MR) is 79.2 cm³/mol. The average Bonchev–Trinajstić information content (AvgIpc) is 2.68. The van der Waals surface area contributed by atoms with Crippen LogP contribution in [-0.2, 0) is 6.42 Å². The van der Waals surface area contributed by atoms with Crippen molar-refractivity contribution in [3.63, 3.8) is 0 Å². The van der Waals surface area contributed by atoms with Crippen LogP contribution in [-0.4, -0.2) is 22.5 Å². The molecule has 0 radical (unpaired) electrons. The maximum atomic E-state index is 4.78. The fraction of sp³-hybridized carbons (Fsp3) is 0.615. The number of thioether (sulfide) groups is 1. The summed E-state index contributed by atoms with van der Waals surface area (Å²) in [6.07, 6.45) is 2.24. The Hall–Kier alpha value is -0.480. The van der Waals surface area contributed by atoms with Gasteiger partial charge in [0, 0.05) is 11.3 Å². The van der Waals surface area contributed by atoms with Gasteiger partial charge in [-0.1, -0.05) is 11.8 Å². The van der Waals surface area contributed by atoms with Crippen molar-refractivity contribution in [3.05, 3.63) is 22.4 Å². The van der Waals surface area contributed by atoms with Crippen LogP contribution in [0.4, 0.5) is 0 Å². The first-order valence-electron chi connectivity index (χ1n) is 6.05. The minimum absolute atomic E-state index is 0.201. The lowest BCUT2D eigenvalue weighted by Crippen LogP contribution is -2.46. The molecule has 1 saturated heterocycles. The zero-order valence-electron chi connectivity index (χ0n) is 10.7. The summed E-state index contributed by atoms with van der Waals surface area (Å²) in [5, 5.41) is 8.97. The van der Waals surface area contributed by atoms with E-state index >= 15 is 0 Å². The van der Waals surface area contributed by atoms with Crippen LogP contribution in [0.3, 0.4) is 0 Å². The van der Waals surface area contributed by atoms with Crippen molar-refractivity contribution in [2.75, 3.05) is 5.75 Å². The van der Waals surface area contributed by atoms with Gasteiger partial charge < -0.3 is 5.32 Å². The average molecular weight is 268 g/mol. The molecule has 0 bridgehead atoms. The van der Waals surface area contributed by atoms with Crippen molar-refractivity contribution in [2.45, 2.75) is 45.2 Å². The van der Waals surface area contributed by atoms with Gasteiger partial charge >= 0.3 is 0 Å². The van der Waals surface area contributed by atoms with Gasteiger partial charge in [-0.05, 0) is 56.0 Å². The minimum atomic E-state index is 0.201. The molecule has 1 N–H and O–H groups in total. The van der Waals surface area contributed by atoms with Crippen LogP contribution in [0.5, 0.6) is 0 Å². The van der Waals surface area contributed by atoms with Crippen LogP contribution in [0.1, 0.15) is 32.8 Å². The lowest BCUT2D eigenvalue weighted by atomic mass is 10.0. The molecule has 0 aromatic carbocycles. The van der Waals surface area contributed by atoms with Crippen molar-refractivity contribution in [1.29, 1.82) is 0 Å². The summed E-state index contributed by atoms with van der Waals surface area (Å²) in [5.41, 5.74) is 1.60. The number of nitrogens with zero attached hydrogens (tertiary/aromatic N) is 1. The molecule has 1 atom stereocenters. The molecule has 0 aliphatic carbocycles. The number of thiophene rings is 1. The first-order valence-corrected chi connectivity index (χ1v) is 7.98. The van der Waals surface area contributed by atoms with E-state index < -0.39 is 0 Å². The normalized spacial score (nSPS) is 23.4. The Kier molecular flexibility index (Phi) is 4.15. The lowest BCUT2D eigenvalue weighted by Gasteiger charge is -2.32. The van der Waals surface area contributed by atoms with Crippen LogP contribution in [0.2, 0.25) is 0 Å². The molecular weight excluding hydrogens is 248 g/mol. The van der Waals surface area contributed by atoms with Crippen molar-refractivity contribution >= 4 is 28.3 Å². The molecule has 1 aromatic heterocycles. The number of hydrogen-bond donors (Lipinski definition) is 1. The Balaban J connectivity index is 1.94. The number of amidine groups is 1. The number of hydrogen-bond acceptors (Lipinski definition) is 3. The lowest BCUT2D eigenvalue weighted by molar-refractivity contribution is 0.445. The number of rotatable bonds is 3. The van der Waals surface area contributed by atoms with E-state index in [1.54, 1.807) is 11.3 Å². The highest BCUT2D eigenvalue weighted by atomic mass is 32.2. The van der Waals surface area contributed by atoms with Gasteiger partial charge in [0.25, 0.3) is 0 Å². The second kappa shape index (κ2) is 5.44. The molecule has 94 valence electrons. The SMILES string of the molecule is CC(Cc1ccsc1)N=C1NC(C)(C)CCS1. The summed E-state index contributed by atoms with van der Waals surface area (Å²) in [4.78, 5) is 4.78. The maximum absolute atomic E-state index is 4.78. The first kappa shape index (κ1) is 13.0. The first-order chi connectivity index (χ1) is 8.05. The number of aliphatic imine (C=N–C) groups is 1. The summed E-state index contributed by atoms with van der Waals surface area (Å²) < 4.78 is 0. The summed E-state index contributed by atoms with van der Waals surface area (Å²) in [7, 11) is 0. The van der Waals surface area contributed by atoms with E-state index in [-0.39, 0.29) is 5.54 Å². The summed E-state index contributed by atoms with van der Waals surface area (Å²) in [5.74, 6) is 1.17. The third-order valence-corrected chi connectivity index (χ3v) is 4.48. The fourth-order valence-corrected chi connectivity index (χ4v) is 3.95. The van der Waals surface area contributed by atoms with Crippen LogP contribution < -0.4 is 5.32 Å². The largest absolute Gasteiger partial charge is 0.360 e. The maximum Gasteiger partial charge on any atom is 0.157 e. The van der Waals surface area contributed by atoms with Crippen molar-refractivity contribution < 1.29 is 0 Å². The zero-order valence-corrected chi connectivity index (χ0v) is 12.3. The highest BCUT2D eigenvalue weighted by Crippen LogP contribution is 2.22. The molecule has 0 spiro atoms. The highest BCUT2D eigenvalue weighted by Gasteiger charge is 2.24. The highest BCUT2D eigenvalue weighted by molar-refractivity contribution is 8.13. The Bertz CT molecular complexity index is 382. The van der Waals surface area contributed by atoms with Gasteiger partial charge in [0.15, 0.2) is 5.17 Å². The Morgan fingerprint density at radius 3 is 3.00 bits per heavy atom. The Morgan fingerprint density at radius 1 is 1.53 bits per heavy atom. The molecule has 17 heavy (non-hydrogen) atoms. The van der Waals surface area contributed by atoms with E-state index in [4.69, 9.17) is 4.99 Å². The summed E-state index contributed by atoms with van der Waals surface area (Å²) in [6, 6.07) is 2.54. The smallest absolute Gasteiger partial charge is 0.157 e. The molecule has 2 heterocycles. The van der Waals surface area contributed by atoms with E-state index in [0.29, 0.717) is 6.04 Å². The van der Waals surface area contributed by atoms with Crippen LogP contribution >= 0.6 is 23.1 Å². The predicted octanol–water partition coefficient (Wildman–Crippen LogP) is 3.54. The molecule has 0 amide bonds. The quantitative estimate of drug-likeness (QED) is 0.907. The molecule has 4 heteroatoms. The number of nitrogens with one attached hydrogen (secondary N) is 1. The van der Waals surface area contributed by atoms with Gasteiger partial charge in [-0.25, -0.2) is 0 Å². The monoisotopic (exact) mass is 268 g/mol. The van der Waals surface area contributed by atoms with Crippen LogP contribution in [0, 0.1) is 0 Å². The van der Waals surface area contributed by atoms with Crippen molar-refractivity contribution in [3.8, 4) is 0 Å². The third-order valence-electron chi connectivity index (χ3n) is 2.86. The van der Waals surface area contributed by atoms with Gasteiger partial charge in [-0.15, -0.1) is 0 Å². The second-order valence-corrected chi connectivity index (χ2v) is 7.09. The molecule has 1 aliphatic rings. The Morgan fingerprint density at radius 2 is 2.35 bits per heavy atom. The molecule has 2 rings (SSSR count). The topological polar surface area (TPSA) is 24.4 Å². The van der Waals surface area contributed by atoms with Gasteiger partial charge in [0.05, 0.1) is 6.04 Å². The molecule has 0 saturated carbocycles. The molecule has 1 aromatic rings. The van der Waals surface area contributed by atoms with E-state index in [0.717, 1.165) is 11.6 Å². The molecule has 1 unspecified atom stereocenters. The van der Waals surface area contributed by atoms with Gasteiger partial charge in [0.1, 0.15) is 0 Å². The Labute approximate surface area is 112 Å².